The lowest BCUT2D eigenvalue weighted by Gasteiger charge is -2.28. The van der Waals surface area contributed by atoms with E-state index < -0.39 is 0 Å². The monoisotopic (exact) mass is 308 g/mol. The van der Waals surface area contributed by atoms with Gasteiger partial charge in [-0.1, -0.05) is 26.0 Å². The molecular weight excluding hydrogens is 288 g/mol. The van der Waals surface area contributed by atoms with Gasteiger partial charge in [0.15, 0.2) is 5.78 Å². The van der Waals surface area contributed by atoms with E-state index in [1.165, 1.54) is 0 Å². The molecule has 0 radical (unpaired) electrons. The zero-order valence-corrected chi connectivity index (χ0v) is 13.9. The van der Waals surface area contributed by atoms with Crippen LogP contribution < -0.4 is 5.32 Å². The van der Waals surface area contributed by atoms with Gasteiger partial charge in [-0.25, -0.2) is 4.85 Å². The summed E-state index contributed by atoms with van der Waals surface area (Å²) >= 11 is 0. The summed E-state index contributed by atoms with van der Waals surface area (Å²) in [6.07, 6.45) is 1.38. The molecule has 0 fully saturated rings. The maximum atomic E-state index is 12.5. The SMILES string of the molecule is [C-]#[N+]c1ccc(-c2nn(C)c3c2CC(C)(C)CC3=O)cc1NC. The number of benzene rings is 1. The third-order valence-corrected chi connectivity index (χ3v) is 4.36. The molecule has 0 amide bonds. The molecule has 0 aliphatic heterocycles. The molecule has 1 aliphatic carbocycles. The highest BCUT2D eigenvalue weighted by Crippen LogP contribution is 2.40. The van der Waals surface area contributed by atoms with Crippen molar-refractivity contribution in [2.45, 2.75) is 26.7 Å². The molecule has 1 aliphatic rings. The molecule has 23 heavy (non-hydrogen) atoms. The van der Waals surface area contributed by atoms with E-state index in [0.29, 0.717) is 12.1 Å². The van der Waals surface area contributed by atoms with Crippen LogP contribution >= 0.6 is 0 Å². The number of hydrogen-bond donors (Lipinski definition) is 1. The van der Waals surface area contributed by atoms with E-state index in [-0.39, 0.29) is 11.2 Å². The smallest absolute Gasteiger partial charge is 0.209 e. The first kappa shape index (κ1) is 15.3. The number of aryl methyl sites for hydroxylation is 1. The highest BCUT2D eigenvalue weighted by Gasteiger charge is 2.35. The molecule has 1 aromatic heterocycles. The molecule has 5 heteroatoms. The Morgan fingerprint density at radius 2 is 2.09 bits per heavy atom. The van der Waals surface area contributed by atoms with Crippen LogP contribution in [0.5, 0.6) is 0 Å². The van der Waals surface area contributed by atoms with Crippen molar-refractivity contribution < 1.29 is 4.79 Å². The Bertz CT molecular complexity index is 839. The normalized spacial score (nSPS) is 15.9. The molecule has 0 unspecified atom stereocenters. The van der Waals surface area contributed by atoms with Crippen molar-refractivity contribution in [3.8, 4) is 11.3 Å². The molecule has 2 aromatic rings. The van der Waals surface area contributed by atoms with Crippen molar-refractivity contribution >= 4 is 17.2 Å². The van der Waals surface area contributed by atoms with E-state index in [9.17, 15) is 4.79 Å². The Morgan fingerprint density at radius 1 is 1.35 bits per heavy atom. The highest BCUT2D eigenvalue weighted by molar-refractivity contribution is 5.99. The molecule has 1 N–H and O–H groups in total. The summed E-state index contributed by atoms with van der Waals surface area (Å²) in [4.78, 5) is 16.0. The van der Waals surface area contributed by atoms with E-state index in [1.807, 2.05) is 19.2 Å². The summed E-state index contributed by atoms with van der Waals surface area (Å²) in [5.41, 5.74) is 4.83. The first-order valence-corrected chi connectivity index (χ1v) is 7.65. The fraction of sp³-hybridized carbons (Fsp3) is 0.389. The molecular formula is C18H20N4O. The lowest BCUT2D eigenvalue weighted by Crippen LogP contribution is -2.28. The van der Waals surface area contributed by atoms with Crippen LogP contribution in [0, 0.1) is 12.0 Å². The van der Waals surface area contributed by atoms with Crippen LogP contribution in [0.25, 0.3) is 16.1 Å². The molecule has 0 bridgehead atoms. The lowest BCUT2D eigenvalue weighted by molar-refractivity contribution is 0.0902. The molecule has 0 saturated carbocycles. The number of Topliss-reactive ketones (excluding diaryl/α,β-unsaturated/α-hetero) is 1. The summed E-state index contributed by atoms with van der Waals surface area (Å²) in [6, 6.07) is 5.63. The second kappa shape index (κ2) is 5.24. The number of nitrogens with one attached hydrogen (secondary N) is 1. The second-order valence-corrected chi connectivity index (χ2v) is 6.83. The van der Waals surface area contributed by atoms with Crippen molar-refractivity contribution in [1.29, 1.82) is 0 Å². The summed E-state index contributed by atoms with van der Waals surface area (Å²) in [5.74, 6) is 0.157. The molecule has 118 valence electrons. The number of hydrogen-bond acceptors (Lipinski definition) is 3. The van der Waals surface area contributed by atoms with Crippen LogP contribution in [0.3, 0.4) is 0 Å². The predicted molar refractivity (Wildman–Crippen MR) is 90.9 cm³/mol. The molecule has 0 spiro atoms. The summed E-state index contributed by atoms with van der Waals surface area (Å²) in [7, 11) is 3.62. The van der Waals surface area contributed by atoms with E-state index >= 15 is 0 Å². The predicted octanol–water partition coefficient (Wildman–Crippen LogP) is 3.83. The molecule has 0 atom stereocenters. The fourth-order valence-electron chi connectivity index (χ4n) is 3.36. The molecule has 1 heterocycles. The Morgan fingerprint density at radius 3 is 2.74 bits per heavy atom. The Balaban J connectivity index is 2.18. The van der Waals surface area contributed by atoms with Gasteiger partial charge in [0.1, 0.15) is 5.69 Å². The van der Waals surface area contributed by atoms with Gasteiger partial charge < -0.3 is 5.32 Å². The topological polar surface area (TPSA) is 51.3 Å². The molecule has 0 saturated heterocycles. The van der Waals surface area contributed by atoms with Crippen molar-refractivity contribution in [1.82, 2.24) is 9.78 Å². The van der Waals surface area contributed by atoms with Gasteiger partial charge in [0.25, 0.3) is 0 Å². The van der Waals surface area contributed by atoms with Gasteiger partial charge in [0.05, 0.1) is 12.3 Å². The van der Waals surface area contributed by atoms with E-state index in [0.717, 1.165) is 34.6 Å². The number of carbonyl (C=O) groups is 1. The Labute approximate surface area is 136 Å². The van der Waals surface area contributed by atoms with Crippen molar-refractivity contribution in [3.05, 3.63) is 40.9 Å². The van der Waals surface area contributed by atoms with Crippen molar-refractivity contribution in [3.63, 3.8) is 0 Å². The van der Waals surface area contributed by atoms with Crippen molar-refractivity contribution in [2.75, 3.05) is 12.4 Å². The third kappa shape index (κ3) is 2.50. The molecule has 3 rings (SSSR count). The fourth-order valence-corrected chi connectivity index (χ4v) is 3.36. The van der Waals surface area contributed by atoms with Crippen molar-refractivity contribution in [2.24, 2.45) is 12.5 Å². The van der Waals surface area contributed by atoms with Gasteiger partial charge in [-0.3, -0.25) is 9.48 Å². The number of carbonyl (C=O) groups excluding carboxylic acids is 1. The van der Waals surface area contributed by atoms with Crippen LogP contribution in [0.15, 0.2) is 18.2 Å². The average molecular weight is 308 g/mol. The minimum absolute atomic E-state index is 0.0514. The summed E-state index contributed by atoms with van der Waals surface area (Å²) in [6.45, 7) is 11.5. The Kier molecular flexibility index (Phi) is 3.48. The first-order valence-electron chi connectivity index (χ1n) is 7.65. The maximum Gasteiger partial charge on any atom is 0.209 e. The zero-order valence-electron chi connectivity index (χ0n) is 13.9. The number of aromatic nitrogens is 2. The summed E-state index contributed by atoms with van der Waals surface area (Å²) in [5, 5.41) is 7.65. The quantitative estimate of drug-likeness (QED) is 0.858. The van der Waals surface area contributed by atoms with E-state index in [2.05, 4.69) is 29.1 Å². The van der Waals surface area contributed by atoms with Gasteiger partial charge in [-0.05, 0) is 17.9 Å². The highest BCUT2D eigenvalue weighted by atomic mass is 16.1. The van der Waals surface area contributed by atoms with E-state index in [4.69, 9.17) is 6.57 Å². The van der Waals surface area contributed by atoms with Gasteiger partial charge >= 0.3 is 0 Å². The molecule has 5 nitrogen and oxygen atoms in total. The van der Waals surface area contributed by atoms with Crippen LogP contribution in [0.4, 0.5) is 11.4 Å². The minimum Gasteiger partial charge on any atom is -0.397 e. The largest absolute Gasteiger partial charge is 0.397 e. The number of anilines is 1. The number of nitrogens with zero attached hydrogens (tertiary/aromatic N) is 3. The average Bonchev–Trinajstić information content (AvgIpc) is 2.82. The van der Waals surface area contributed by atoms with Gasteiger partial charge in [-0.2, -0.15) is 5.10 Å². The van der Waals surface area contributed by atoms with Crippen LogP contribution in [0.2, 0.25) is 0 Å². The van der Waals surface area contributed by atoms with Gasteiger partial charge in [0, 0.05) is 37.3 Å². The second-order valence-electron chi connectivity index (χ2n) is 6.83. The summed E-state index contributed by atoms with van der Waals surface area (Å²) < 4.78 is 1.70. The standard InChI is InChI=1S/C18H20N4O/c1-18(2)9-12-16(21-22(5)17(12)15(23)10-18)11-6-7-13(19-3)14(8-11)20-4/h6-8,20H,9-10H2,1-2,4-5H3. The lowest BCUT2D eigenvalue weighted by atomic mass is 9.75. The van der Waals surface area contributed by atoms with Crippen LogP contribution in [0.1, 0.15) is 36.3 Å². The Hall–Kier alpha value is -2.61. The number of rotatable bonds is 2. The van der Waals surface area contributed by atoms with E-state index in [1.54, 1.807) is 17.8 Å². The van der Waals surface area contributed by atoms with Crippen LogP contribution in [-0.2, 0) is 13.5 Å². The zero-order chi connectivity index (χ0) is 16.8. The minimum atomic E-state index is -0.0514. The third-order valence-electron chi connectivity index (χ3n) is 4.36. The van der Waals surface area contributed by atoms with Gasteiger partial charge in [-0.15, -0.1) is 0 Å². The number of fused-ring (bicyclic) bond motifs is 1. The maximum absolute atomic E-state index is 12.5. The first-order chi connectivity index (χ1) is 10.9. The van der Waals surface area contributed by atoms with Crippen LogP contribution in [-0.4, -0.2) is 22.6 Å². The van der Waals surface area contributed by atoms with Gasteiger partial charge in [0.2, 0.25) is 5.69 Å². The number of ketones is 1. The molecule has 1 aromatic carbocycles.